The van der Waals surface area contributed by atoms with E-state index in [0.29, 0.717) is 12.5 Å². The van der Waals surface area contributed by atoms with Crippen LogP contribution >= 0.6 is 35.3 Å². The number of amides is 1. The lowest BCUT2D eigenvalue weighted by Crippen LogP contribution is -2.49. The quantitative estimate of drug-likeness (QED) is 0.301. The maximum absolute atomic E-state index is 12.7. The minimum absolute atomic E-state index is 0. The molecule has 1 unspecified atom stereocenters. The van der Waals surface area contributed by atoms with Crippen LogP contribution in [0.15, 0.2) is 21.8 Å². The molecule has 1 amide bonds. The van der Waals surface area contributed by atoms with Crippen molar-refractivity contribution < 1.29 is 9.90 Å². The van der Waals surface area contributed by atoms with Crippen molar-refractivity contribution in [1.29, 1.82) is 0 Å². The molecular weight excluding hydrogens is 475 g/mol. The third-order valence-electron chi connectivity index (χ3n) is 5.05. The van der Waals surface area contributed by atoms with Crippen LogP contribution < -0.4 is 10.6 Å². The molecule has 0 aliphatic heterocycles. The van der Waals surface area contributed by atoms with E-state index in [0.717, 1.165) is 37.8 Å². The summed E-state index contributed by atoms with van der Waals surface area (Å²) in [5, 5.41) is 21.1. The number of halogens is 1. The van der Waals surface area contributed by atoms with E-state index >= 15 is 0 Å². The predicted octanol–water partition coefficient (Wildman–Crippen LogP) is 2.78. The van der Waals surface area contributed by atoms with Crippen LogP contribution in [-0.2, 0) is 10.4 Å². The van der Waals surface area contributed by atoms with Gasteiger partial charge in [0.1, 0.15) is 5.60 Å². The molecular formula is C19H33IN4O2S. The van der Waals surface area contributed by atoms with Gasteiger partial charge in [0, 0.05) is 27.2 Å². The summed E-state index contributed by atoms with van der Waals surface area (Å²) in [6, 6.07) is 1.92. The Bertz CT molecular complexity index is 611. The molecule has 0 aromatic carbocycles. The van der Waals surface area contributed by atoms with Gasteiger partial charge in [0.05, 0.1) is 12.0 Å². The molecule has 1 aliphatic rings. The first-order chi connectivity index (χ1) is 12.3. The maximum atomic E-state index is 12.7. The monoisotopic (exact) mass is 508 g/mol. The van der Waals surface area contributed by atoms with E-state index in [-0.39, 0.29) is 41.8 Å². The van der Waals surface area contributed by atoms with Crippen LogP contribution in [0.1, 0.15) is 45.1 Å². The van der Waals surface area contributed by atoms with E-state index < -0.39 is 5.60 Å². The summed E-state index contributed by atoms with van der Waals surface area (Å²) in [6.45, 7) is 5.33. The van der Waals surface area contributed by atoms with E-state index in [9.17, 15) is 9.90 Å². The van der Waals surface area contributed by atoms with E-state index in [1.165, 1.54) is 0 Å². The van der Waals surface area contributed by atoms with Gasteiger partial charge in [-0.25, -0.2) is 4.99 Å². The summed E-state index contributed by atoms with van der Waals surface area (Å²) in [5.74, 6) is 0.824. The summed E-state index contributed by atoms with van der Waals surface area (Å²) in [7, 11) is 3.64. The lowest BCUT2D eigenvalue weighted by Gasteiger charge is -2.31. The first-order valence-corrected chi connectivity index (χ1v) is 10.2. The average Bonchev–Trinajstić information content (AvgIpc) is 3.29. The van der Waals surface area contributed by atoms with Crippen molar-refractivity contribution in [1.82, 2.24) is 15.5 Å². The van der Waals surface area contributed by atoms with E-state index in [1.807, 2.05) is 37.8 Å². The number of rotatable bonds is 7. The van der Waals surface area contributed by atoms with Gasteiger partial charge >= 0.3 is 0 Å². The first kappa shape index (κ1) is 24.2. The predicted molar refractivity (Wildman–Crippen MR) is 123 cm³/mol. The lowest BCUT2D eigenvalue weighted by molar-refractivity contribution is -0.138. The molecule has 1 heterocycles. The number of hydrogen-bond donors (Lipinski definition) is 3. The van der Waals surface area contributed by atoms with Crippen LogP contribution in [-0.4, -0.2) is 55.6 Å². The molecule has 0 saturated heterocycles. The number of carbonyl (C=O) groups excluding carboxylic acids is 1. The molecule has 1 aliphatic carbocycles. The maximum Gasteiger partial charge on any atom is 0.230 e. The number of aliphatic hydroxyl groups is 1. The fourth-order valence-corrected chi connectivity index (χ4v) is 4.27. The Kier molecular flexibility index (Phi) is 9.50. The van der Waals surface area contributed by atoms with E-state index in [1.54, 1.807) is 23.2 Å². The summed E-state index contributed by atoms with van der Waals surface area (Å²) in [4.78, 5) is 19.0. The van der Waals surface area contributed by atoms with Gasteiger partial charge in [-0.05, 0) is 49.1 Å². The molecule has 1 fully saturated rings. The number of carbonyl (C=O) groups is 1. The third-order valence-corrected chi connectivity index (χ3v) is 5.73. The Hall–Kier alpha value is -0.870. The van der Waals surface area contributed by atoms with Crippen molar-refractivity contribution >= 4 is 47.2 Å². The highest BCUT2D eigenvalue weighted by Crippen LogP contribution is 2.38. The highest BCUT2D eigenvalue weighted by Gasteiger charge is 2.42. The number of aliphatic imine (C=N–C) groups is 1. The van der Waals surface area contributed by atoms with Crippen LogP contribution in [0.5, 0.6) is 0 Å². The van der Waals surface area contributed by atoms with E-state index in [2.05, 4.69) is 15.6 Å². The van der Waals surface area contributed by atoms with Crippen molar-refractivity contribution in [2.45, 2.75) is 45.1 Å². The Morgan fingerprint density at radius 3 is 2.56 bits per heavy atom. The Morgan fingerprint density at radius 1 is 1.37 bits per heavy atom. The van der Waals surface area contributed by atoms with Gasteiger partial charge in [0.25, 0.3) is 0 Å². The highest BCUT2D eigenvalue weighted by atomic mass is 127. The molecule has 3 N–H and O–H groups in total. The molecule has 6 nitrogen and oxygen atoms in total. The van der Waals surface area contributed by atoms with Crippen molar-refractivity contribution in [3.05, 3.63) is 22.4 Å². The standard InChI is InChI=1S/C19H32N4O2S.HI/c1-5-20-17(21-13-18(2,25)15-8-11-26-12-15)22-14-19(9-6-7-10-19)16(24)23(3)4;/h8,11-12,25H,5-7,9-10,13-14H2,1-4H3,(H2,20,21,22);1H. The second-order valence-electron chi connectivity index (χ2n) is 7.52. The second kappa shape index (κ2) is 10.6. The molecule has 8 heteroatoms. The fraction of sp³-hybridized carbons (Fsp3) is 0.684. The van der Waals surface area contributed by atoms with Gasteiger partial charge in [-0.3, -0.25) is 4.79 Å². The van der Waals surface area contributed by atoms with Gasteiger partial charge in [0.2, 0.25) is 5.91 Å². The van der Waals surface area contributed by atoms with Gasteiger partial charge in [-0.15, -0.1) is 24.0 Å². The molecule has 1 aromatic rings. The zero-order valence-corrected chi connectivity index (χ0v) is 19.9. The number of nitrogens with zero attached hydrogens (tertiary/aromatic N) is 2. The van der Waals surface area contributed by atoms with Crippen LogP contribution in [0.4, 0.5) is 0 Å². The molecule has 154 valence electrons. The summed E-state index contributed by atoms with van der Waals surface area (Å²) < 4.78 is 0. The molecule has 2 rings (SSSR count). The van der Waals surface area contributed by atoms with Crippen LogP contribution in [0.2, 0.25) is 0 Å². The first-order valence-electron chi connectivity index (χ1n) is 9.30. The van der Waals surface area contributed by atoms with Gasteiger partial charge in [0.15, 0.2) is 5.96 Å². The number of nitrogens with one attached hydrogen (secondary N) is 2. The molecule has 1 saturated carbocycles. The molecule has 1 atom stereocenters. The molecule has 27 heavy (non-hydrogen) atoms. The molecule has 1 aromatic heterocycles. The van der Waals surface area contributed by atoms with Gasteiger partial charge in [-0.2, -0.15) is 11.3 Å². The Labute approximate surface area is 183 Å². The Morgan fingerprint density at radius 2 is 2.04 bits per heavy atom. The summed E-state index contributed by atoms with van der Waals surface area (Å²) in [5.41, 5.74) is -0.486. The van der Waals surface area contributed by atoms with Gasteiger partial charge < -0.3 is 20.6 Å². The largest absolute Gasteiger partial charge is 0.383 e. The van der Waals surface area contributed by atoms with Crippen molar-refractivity contribution in [3.63, 3.8) is 0 Å². The SMILES string of the molecule is CCNC(=NCC(C)(O)c1ccsc1)NCC1(C(=O)N(C)C)CCCC1.I. The van der Waals surface area contributed by atoms with Crippen LogP contribution in [0.3, 0.4) is 0 Å². The smallest absolute Gasteiger partial charge is 0.230 e. The highest BCUT2D eigenvalue weighted by molar-refractivity contribution is 14.0. The van der Waals surface area contributed by atoms with Crippen LogP contribution in [0, 0.1) is 5.41 Å². The molecule has 0 radical (unpaired) electrons. The number of hydrogen-bond acceptors (Lipinski definition) is 4. The van der Waals surface area contributed by atoms with Crippen molar-refractivity contribution in [2.75, 3.05) is 33.7 Å². The average molecular weight is 508 g/mol. The summed E-state index contributed by atoms with van der Waals surface area (Å²) >= 11 is 1.56. The van der Waals surface area contributed by atoms with Crippen molar-refractivity contribution in [3.8, 4) is 0 Å². The zero-order chi connectivity index (χ0) is 19.2. The second-order valence-corrected chi connectivity index (χ2v) is 8.30. The normalized spacial score (nSPS) is 18.3. The summed E-state index contributed by atoms with van der Waals surface area (Å²) in [6.07, 6.45) is 3.98. The van der Waals surface area contributed by atoms with Crippen molar-refractivity contribution in [2.24, 2.45) is 10.4 Å². The molecule has 0 bridgehead atoms. The minimum atomic E-state index is -1.01. The number of guanidine groups is 1. The van der Waals surface area contributed by atoms with Gasteiger partial charge in [-0.1, -0.05) is 12.8 Å². The number of thiophene rings is 1. The lowest BCUT2D eigenvalue weighted by atomic mass is 9.84. The van der Waals surface area contributed by atoms with Crippen LogP contribution in [0.25, 0.3) is 0 Å². The van der Waals surface area contributed by atoms with E-state index in [4.69, 9.17) is 0 Å². The minimum Gasteiger partial charge on any atom is -0.383 e. The molecule has 0 spiro atoms. The fourth-order valence-electron chi connectivity index (χ4n) is 3.48. The zero-order valence-electron chi connectivity index (χ0n) is 16.7. The third kappa shape index (κ3) is 6.32. The topological polar surface area (TPSA) is 77.0 Å². The Balaban J connectivity index is 0.00000364.